The Kier molecular flexibility index (Phi) is 6.95. The number of carbonyl (C=O) groups excluding carboxylic acids is 2. The van der Waals surface area contributed by atoms with E-state index in [4.69, 9.17) is 21.1 Å². The first-order chi connectivity index (χ1) is 14.0. The summed E-state index contributed by atoms with van der Waals surface area (Å²) < 4.78 is 11.2. The van der Waals surface area contributed by atoms with Crippen LogP contribution >= 0.6 is 11.6 Å². The lowest BCUT2D eigenvalue weighted by atomic mass is 9.84. The van der Waals surface area contributed by atoms with E-state index in [9.17, 15) is 14.7 Å². The van der Waals surface area contributed by atoms with Crippen LogP contribution in [0.3, 0.4) is 0 Å². The number of piperazine rings is 1. The fraction of sp³-hybridized carbons (Fsp3) is 0.636. The third-order valence-corrected chi connectivity index (χ3v) is 5.67. The molecule has 1 aromatic carbocycles. The van der Waals surface area contributed by atoms with Gasteiger partial charge in [-0.15, -0.1) is 0 Å². The van der Waals surface area contributed by atoms with Crippen molar-refractivity contribution in [2.75, 3.05) is 32.8 Å². The number of amides is 2. The van der Waals surface area contributed by atoms with Crippen molar-refractivity contribution in [3.63, 3.8) is 0 Å². The van der Waals surface area contributed by atoms with Gasteiger partial charge in [0.25, 0.3) is 0 Å². The van der Waals surface area contributed by atoms with E-state index in [0.29, 0.717) is 50.7 Å². The Hall–Kier alpha value is -1.83. The van der Waals surface area contributed by atoms with E-state index in [1.165, 1.54) is 0 Å². The topological polar surface area (TPSA) is 79.3 Å². The van der Waals surface area contributed by atoms with Gasteiger partial charge in [-0.1, -0.05) is 23.7 Å². The largest absolute Gasteiger partial charge is 0.444 e. The van der Waals surface area contributed by atoms with Crippen molar-refractivity contribution in [1.82, 2.24) is 9.80 Å². The molecule has 2 aliphatic heterocycles. The summed E-state index contributed by atoms with van der Waals surface area (Å²) in [6.07, 6.45) is 0.145. The lowest BCUT2D eigenvalue weighted by Gasteiger charge is -2.40. The molecule has 7 nitrogen and oxygen atoms in total. The zero-order chi connectivity index (χ0) is 21.9. The van der Waals surface area contributed by atoms with Crippen LogP contribution in [0.2, 0.25) is 5.02 Å². The molecule has 0 aliphatic carbocycles. The minimum Gasteiger partial charge on any atom is -0.444 e. The Labute approximate surface area is 182 Å². The summed E-state index contributed by atoms with van der Waals surface area (Å²) in [6.45, 7) is 7.58. The predicted molar refractivity (Wildman–Crippen MR) is 113 cm³/mol. The Balaban J connectivity index is 1.53. The molecule has 2 saturated heterocycles. The van der Waals surface area contributed by atoms with Crippen molar-refractivity contribution < 1.29 is 24.2 Å². The van der Waals surface area contributed by atoms with Gasteiger partial charge in [-0.2, -0.15) is 0 Å². The number of nitrogens with zero attached hydrogens (tertiary/aromatic N) is 2. The lowest BCUT2D eigenvalue weighted by molar-refractivity contribution is -0.147. The maximum absolute atomic E-state index is 12.8. The molecule has 2 atom stereocenters. The molecule has 0 spiro atoms. The van der Waals surface area contributed by atoms with Crippen LogP contribution in [0.1, 0.15) is 51.7 Å². The highest BCUT2D eigenvalue weighted by Gasteiger charge is 2.39. The molecule has 8 heteroatoms. The van der Waals surface area contributed by atoms with Gasteiger partial charge in [-0.3, -0.25) is 4.79 Å². The molecule has 0 radical (unpaired) electrons. The highest BCUT2D eigenvalue weighted by molar-refractivity contribution is 6.30. The molecule has 2 heterocycles. The van der Waals surface area contributed by atoms with Crippen LogP contribution in [-0.2, 0) is 14.3 Å². The summed E-state index contributed by atoms with van der Waals surface area (Å²) in [6, 6.07) is 7.39. The van der Waals surface area contributed by atoms with Crippen LogP contribution in [0.5, 0.6) is 0 Å². The number of rotatable bonds is 3. The van der Waals surface area contributed by atoms with Crippen molar-refractivity contribution in [3.05, 3.63) is 34.9 Å². The van der Waals surface area contributed by atoms with E-state index in [-0.39, 0.29) is 24.5 Å². The van der Waals surface area contributed by atoms with Gasteiger partial charge in [0.1, 0.15) is 5.60 Å². The van der Waals surface area contributed by atoms with Crippen LogP contribution in [-0.4, -0.2) is 70.9 Å². The number of hydrogen-bond acceptors (Lipinski definition) is 5. The number of benzene rings is 1. The number of halogens is 1. The van der Waals surface area contributed by atoms with Gasteiger partial charge in [0, 0.05) is 44.0 Å². The van der Waals surface area contributed by atoms with Crippen LogP contribution in [0, 0.1) is 0 Å². The van der Waals surface area contributed by atoms with Gasteiger partial charge in [0.2, 0.25) is 5.91 Å². The number of ether oxygens (including phenoxy) is 2. The average molecular weight is 439 g/mol. The van der Waals surface area contributed by atoms with Gasteiger partial charge in [-0.25, -0.2) is 4.79 Å². The molecule has 2 unspecified atom stereocenters. The quantitative estimate of drug-likeness (QED) is 0.782. The summed E-state index contributed by atoms with van der Waals surface area (Å²) in [4.78, 5) is 28.4. The number of aliphatic hydroxyl groups is 1. The molecule has 3 rings (SSSR count). The monoisotopic (exact) mass is 438 g/mol. The van der Waals surface area contributed by atoms with Crippen molar-refractivity contribution in [1.29, 1.82) is 0 Å². The minimum atomic E-state index is -1.12. The SMILES string of the molecule is CC(C)(C)OC(=O)N1CCN(C(=O)CC2(O)CCOC(c3cccc(Cl)c3)C2)CC1. The highest BCUT2D eigenvalue weighted by atomic mass is 35.5. The first kappa shape index (κ1) is 22.8. The van der Waals surface area contributed by atoms with Gasteiger partial charge in [-0.05, 0) is 38.5 Å². The standard InChI is InChI=1S/C22H31ClN2O5/c1-21(2,3)30-20(27)25-10-8-24(9-11-25)19(26)15-22(28)7-12-29-18(14-22)16-5-4-6-17(23)13-16/h4-6,13,18,28H,7-12,14-15H2,1-3H3. The van der Waals surface area contributed by atoms with Crippen LogP contribution in [0.15, 0.2) is 24.3 Å². The minimum absolute atomic E-state index is 0.0415. The Morgan fingerprint density at radius 3 is 2.53 bits per heavy atom. The molecule has 0 saturated carbocycles. The van der Waals surface area contributed by atoms with Gasteiger partial charge in [0.15, 0.2) is 0 Å². The van der Waals surface area contributed by atoms with E-state index in [1.54, 1.807) is 15.9 Å². The van der Waals surface area contributed by atoms with E-state index in [2.05, 4.69) is 0 Å². The first-order valence-corrected chi connectivity index (χ1v) is 10.8. The third-order valence-electron chi connectivity index (χ3n) is 5.44. The van der Waals surface area contributed by atoms with Crippen LogP contribution in [0.25, 0.3) is 0 Å². The summed E-state index contributed by atoms with van der Waals surface area (Å²) in [7, 11) is 0. The molecule has 1 aromatic rings. The van der Waals surface area contributed by atoms with Crippen molar-refractivity contribution in [2.24, 2.45) is 0 Å². The third kappa shape index (κ3) is 6.09. The van der Waals surface area contributed by atoms with Gasteiger partial charge >= 0.3 is 6.09 Å². The fourth-order valence-corrected chi connectivity index (χ4v) is 4.04. The maximum atomic E-state index is 12.8. The highest BCUT2D eigenvalue weighted by Crippen LogP contribution is 2.37. The van der Waals surface area contributed by atoms with Gasteiger partial charge < -0.3 is 24.4 Å². The lowest BCUT2D eigenvalue weighted by Crippen LogP contribution is -2.53. The van der Waals surface area contributed by atoms with Crippen LogP contribution in [0.4, 0.5) is 4.79 Å². The molecule has 0 bridgehead atoms. The second-order valence-corrected chi connectivity index (χ2v) is 9.55. The second-order valence-electron chi connectivity index (χ2n) is 9.12. The maximum Gasteiger partial charge on any atom is 0.410 e. The normalized spacial score (nSPS) is 25.2. The zero-order valence-electron chi connectivity index (χ0n) is 17.9. The molecule has 1 N–H and O–H groups in total. The summed E-state index contributed by atoms with van der Waals surface area (Å²) in [5, 5.41) is 11.7. The predicted octanol–water partition coefficient (Wildman–Crippen LogP) is 3.39. The van der Waals surface area contributed by atoms with Gasteiger partial charge in [0.05, 0.1) is 24.7 Å². The Morgan fingerprint density at radius 2 is 1.90 bits per heavy atom. The van der Waals surface area contributed by atoms with Crippen molar-refractivity contribution in [2.45, 2.75) is 57.3 Å². The molecule has 2 aliphatic rings. The second kappa shape index (κ2) is 9.12. The smallest absolute Gasteiger partial charge is 0.410 e. The Morgan fingerprint density at radius 1 is 1.23 bits per heavy atom. The first-order valence-electron chi connectivity index (χ1n) is 10.4. The van der Waals surface area contributed by atoms with Crippen LogP contribution < -0.4 is 0 Å². The molecule has 2 amide bonds. The van der Waals surface area contributed by atoms with E-state index in [1.807, 2.05) is 39.0 Å². The molecule has 166 valence electrons. The molecular weight excluding hydrogens is 408 g/mol. The molecule has 2 fully saturated rings. The average Bonchev–Trinajstić information content (AvgIpc) is 2.66. The van der Waals surface area contributed by atoms with E-state index < -0.39 is 11.2 Å². The number of carbonyl (C=O) groups is 2. The molecule has 0 aromatic heterocycles. The molecule has 30 heavy (non-hydrogen) atoms. The van der Waals surface area contributed by atoms with Crippen molar-refractivity contribution >= 4 is 23.6 Å². The van der Waals surface area contributed by atoms with E-state index >= 15 is 0 Å². The fourth-order valence-electron chi connectivity index (χ4n) is 3.84. The zero-order valence-corrected chi connectivity index (χ0v) is 18.7. The van der Waals surface area contributed by atoms with E-state index in [0.717, 1.165) is 5.56 Å². The van der Waals surface area contributed by atoms with Crippen molar-refractivity contribution in [3.8, 4) is 0 Å². The Bertz CT molecular complexity index is 773. The number of hydrogen-bond donors (Lipinski definition) is 1. The molecular formula is C22H31ClN2O5. The summed E-state index contributed by atoms with van der Waals surface area (Å²) in [5.41, 5.74) is -0.764. The summed E-state index contributed by atoms with van der Waals surface area (Å²) >= 11 is 6.07. The summed E-state index contributed by atoms with van der Waals surface area (Å²) in [5.74, 6) is -0.104.